The van der Waals surface area contributed by atoms with Crippen LogP contribution in [0.3, 0.4) is 0 Å². The van der Waals surface area contributed by atoms with Crippen molar-refractivity contribution in [2.24, 2.45) is 0 Å². The van der Waals surface area contributed by atoms with Crippen molar-refractivity contribution < 1.29 is 9.53 Å². The van der Waals surface area contributed by atoms with E-state index in [0.717, 1.165) is 42.9 Å². The van der Waals surface area contributed by atoms with Crippen LogP contribution in [0, 0.1) is 0 Å². The Morgan fingerprint density at radius 2 is 2.32 bits per heavy atom. The topological polar surface area (TPSA) is 41.6 Å². The normalized spacial score (nSPS) is 13.6. The number of likely N-dealkylation sites (N-methyl/N-ethyl adjacent to an activating group) is 1. The molecule has 1 aromatic carbocycles. The van der Waals surface area contributed by atoms with Gasteiger partial charge in [-0.05, 0) is 38.2 Å². The zero-order valence-corrected chi connectivity index (χ0v) is 11.7. The molecule has 4 nitrogen and oxygen atoms in total. The maximum atomic E-state index is 12.2. The molecule has 0 atom stereocenters. The van der Waals surface area contributed by atoms with Gasteiger partial charge in [-0.2, -0.15) is 0 Å². The molecular formula is C15H22N2O2. The van der Waals surface area contributed by atoms with E-state index in [1.165, 1.54) is 0 Å². The third-order valence-electron chi connectivity index (χ3n) is 3.28. The summed E-state index contributed by atoms with van der Waals surface area (Å²) in [6.07, 6.45) is 2.28. The van der Waals surface area contributed by atoms with E-state index in [0.29, 0.717) is 13.2 Å². The summed E-state index contributed by atoms with van der Waals surface area (Å²) < 4.78 is 5.51. The predicted octanol–water partition coefficient (Wildman–Crippen LogP) is 2.41. The summed E-state index contributed by atoms with van der Waals surface area (Å²) in [5.74, 6) is 0.996. The molecule has 0 amide bonds. The molecule has 0 unspecified atom stereocenters. The van der Waals surface area contributed by atoms with Crippen molar-refractivity contribution >= 4 is 11.5 Å². The molecule has 2 rings (SSSR count). The standard InChI is InChI=1S/C15H22N2O2/c1-3-4-8-17(2)11-14(18)12-5-6-15-13(10-12)16-7-9-19-15/h5-6,10,16H,3-4,7-9,11H2,1-2H3. The molecule has 0 bridgehead atoms. The summed E-state index contributed by atoms with van der Waals surface area (Å²) in [4.78, 5) is 14.3. The highest BCUT2D eigenvalue weighted by molar-refractivity contribution is 5.98. The second-order valence-corrected chi connectivity index (χ2v) is 5.00. The average Bonchev–Trinajstić information content (AvgIpc) is 2.44. The van der Waals surface area contributed by atoms with Gasteiger partial charge in [-0.3, -0.25) is 9.69 Å². The zero-order chi connectivity index (χ0) is 13.7. The number of carbonyl (C=O) groups is 1. The number of nitrogens with one attached hydrogen (secondary N) is 1. The van der Waals surface area contributed by atoms with Crippen molar-refractivity contribution in [2.45, 2.75) is 19.8 Å². The van der Waals surface area contributed by atoms with Crippen LogP contribution in [0.4, 0.5) is 5.69 Å². The molecule has 1 N–H and O–H groups in total. The second kappa shape index (κ2) is 6.57. The minimum absolute atomic E-state index is 0.161. The van der Waals surface area contributed by atoms with Crippen LogP contribution in [0.2, 0.25) is 0 Å². The number of unbranched alkanes of at least 4 members (excludes halogenated alkanes) is 1. The van der Waals surface area contributed by atoms with Crippen LogP contribution in [0.5, 0.6) is 5.75 Å². The highest BCUT2D eigenvalue weighted by Crippen LogP contribution is 2.28. The van der Waals surface area contributed by atoms with Gasteiger partial charge in [0.25, 0.3) is 0 Å². The van der Waals surface area contributed by atoms with E-state index < -0.39 is 0 Å². The van der Waals surface area contributed by atoms with E-state index in [-0.39, 0.29) is 5.78 Å². The molecule has 1 aromatic rings. The van der Waals surface area contributed by atoms with Crippen LogP contribution >= 0.6 is 0 Å². The lowest BCUT2D eigenvalue weighted by Gasteiger charge is -2.20. The van der Waals surface area contributed by atoms with Crippen LogP contribution in [-0.2, 0) is 0 Å². The number of ketones is 1. The summed E-state index contributed by atoms with van der Waals surface area (Å²) in [6.45, 7) is 5.07. The Morgan fingerprint density at radius 1 is 1.47 bits per heavy atom. The number of Topliss-reactive ketones (excluding diaryl/α,β-unsaturated/α-hetero) is 1. The Morgan fingerprint density at radius 3 is 3.11 bits per heavy atom. The minimum atomic E-state index is 0.161. The SMILES string of the molecule is CCCCN(C)CC(=O)c1ccc2c(c1)NCCO2. The Hall–Kier alpha value is -1.55. The summed E-state index contributed by atoms with van der Waals surface area (Å²) in [6, 6.07) is 5.62. The van der Waals surface area contributed by atoms with Crippen molar-refractivity contribution in [1.29, 1.82) is 0 Å². The minimum Gasteiger partial charge on any atom is -0.490 e. The molecule has 104 valence electrons. The lowest BCUT2D eigenvalue weighted by atomic mass is 10.1. The summed E-state index contributed by atoms with van der Waals surface area (Å²) in [5.41, 5.74) is 1.67. The average molecular weight is 262 g/mol. The summed E-state index contributed by atoms with van der Waals surface area (Å²) in [7, 11) is 1.99. The molecule has 0 aliphatic carbocycles. The van der Waals surface area contributed by atoms with Gasteiger partial charge < -0.3 is 10.1 Å². The monoisotopic (exact) mass is 262 g/mol. The van der Waals surface area contributed by atoms with Crippen LogP contribution in [0.25, 0.3) is 0 Å². The van der Waals surface area contributed by atoms with Crippen molar-refractivity contribution in [3.63, 3.8) is 0 Å². The fourth-order valence-corrected chi connectivity index (χ4v) is 2.16. The lowest BCUT2D eigenvalue weighted by Crippen LogP contribution is -2.27. The zero-order valence-electron chi connectivity index (χ0n) is 11.7. The van der Waals surface area contributed by atoms with Crippen LogP contribution < -0.4 is 10.1 Å². The molecule has 1 aliphatic heterocycles. The molecule has 0 spiro atoms. The van der Waals surface area contributed by atoms with Gasteiger partial charge in [-0.15, -0.1) is 0 Å². The fourth-order valence-electron chi connectivity index (χ4n) is 2.16. The van der Waals surface area contributed by atoms with E-state index in [1.807, 2.05) is 25.2 Å². The van der Waals surface area contributed by atoms with E-state index in [1.54, 1.807) is 0 Å². The number of hydrogen-bond donors (Lipinski definition) is 1. The Balaban J connectivity index is 1.99. The quantitative estimate of drug-likeness (QED) is 0.799. The maximum absolute atomic E-state index is 12.2. The molecule has 0 saturated carbocycles. The van der Waals surface area contributed by atoms with Gasteiger partial charge in [0.1, 0.15) is 12.4 Å². The molecule has 0 aromatic heterocycles. The number of rotatable bonds is 6. The highest BCUT2D eigenvalue weighted by atomic mass is 16.5. The van der Waals surface area contributed by atoms with E-state index >= 15 is 0 Å². The van der Waals surface area contributed by atoms with Gasteiger partial charge in [0, 0.05) is 12.1 Å². The molecule has 0 radical (unpaired) electrons. The molecule has 1 heterocycles. The first-order valence-electron chi connectivity index (χ1n) is 6.93. The Labute approximate surface area is 114 Å². The van der Waals surface area contributed by atoms with Gasteiger partial charge in [-0.25, -0.2) is 0 Å². The number of fused-ring (bicyclic) bond motifs is 1. The molecule has 4 heteroatoms. The van der Waals surface area contributed by atoms with Gasteiger partial charge in [0.15, 0.2) is 5.78 Å². The Kier molecular flexibility index (Phi) is 4.80. The third-order valence-corrected chi connectivity index (χ3v) is 3.28. The van der Waals surface area contributed by atoms with Crippen molar-refractivity contribution in [3.05, 3.63) is 23.8 Å². The predicted molar refractivity (Wildman–Crippen MR) is 77.2 cm³/mol. The third kappa shape index (κ3) is 3.70. The maximum Gasteiger partial charge on any atom is 0.176 e. The van der Waals surface area contributed by atoms with Gasteiger partial charge in [0.2, 0.25) is 0 Å². The van der Waals surface area contributed by atoms with Crippen molar-refractivity contribution in [2.75, 3.05) is 38.6 Å². The van der Waals surface area contributed by atoms with Gasteiger partial charge >= 0.3 is 0 Å². The fraction of sp³-hybridized carbons (Fsp3) is 0.533. The number of anilines is 1. The smallest absolute Gasteiger partial charge is 0.176 e. The highest BCUT2D eigenvalue weighted by Gasteiger charge is 2.14. The van der Waals surface area contributed by atoms with Gasteiger partial charge in [0.05, 0.1) is 12.2 Å². The van der Waals surface area contributed by atoms with Crippen LogP contribution in [0.15, 0.2) is 18.2 Å². The van der Waals surface area contributed by atoms with E-state index in [2.05, 4.69) is 17.1 Å². The number of carbonyl (C=O) groups excluding carboxylic acids is 1. The first-order valence-corrected chi connectivity index (χ1v) is 6.93. The van der Waals surface area contributed by atoms with Crippen molar-refractivity contribution in [3.8, 4) is 5.75 Å². The van der Waals surface area contributed by atoms with Crippen molar-refractivity contribution in [1.82, 2.24) is 4.90 Å². The molecule has 1 aliphatic rings. The first kappa shape index (κ1) is 13.9. The van der Waals surface area contributed by atoms with Gasteiger partial charge in [-0.1, -0.05) is 13.3 Å². The molecule has 19 heavy (non-hydrogen) atoms. The number of ether oxygens (including phenoxy) is 1. The molecule has 0 fully saturated rings. The lowest BCUT2D eigenvalue weighted by molar-refractivity contribution is 0.0945. The van der Waals surface area contributed by atoms with Crippen LogP contribution in [-0.4, -0.2) is 44.0 Å². The first-order chi connectivity index (χ1) is 9.20. The summed E-state index contributed by atoms with van der Waals surface area (Å²) in [5, 5.41) is 3.25. The Bertz CT molecular complexity index is 446. The molecular weight excluding hydrogens is 240 g/mol. The summed E-state index contributed by atoms with van der Waals surface area (Å²) >= 11 is 0. The van der Waals surface area contributed by atoms with Crippen LogP contribution in [0.1, 0.15) is 30.1 Å². The largest absolute Gasteiger partial charge is 0.490 e. The van der Waals surface area contributed by atoms with E-state index in [4.69, 9.17) is 4.74 Å². The number of hydrogen-bond acceptors (Lipinski definition) is 4. The van der Waals surface area contributed by atoms with E-state index in [9.17, 15) is 4.79 Å². The molecule has 0 saturated heterocycles. The number of benzene rings is 1. The second-order valence-electron chi connectivity index (χ2n) is 5.00. The number of nitrogens with zero attached hydrogens (tertiary/aromatic N) is 1.